The van der Waals surface area contributed by atoms with Crippen molar-refractivity contribution in [2.75, 3.05) is 5.32 Å². The number of anilines is 2. The van der Waals surface area contributed by atoms with Crippen LogP contribution in [0.1, 0.15) is 15.9 Å². The summed E-state index contributed by atoms with van der Waals surface area (Å²) in [6.45, 7) is 0. The Morgan fingerprint density at radius 2 is 1.46 bits per heavy atom. The van der Waals surface area contributed by atoms with Crippen LogP contribution in [0.25, 0.3) is 0 Å². The van der Waals surface area contributed by atoms with E-state index in [4.69, 9.17) is 0 Å². The summed E-state index contributed by atoms with van der Waals surface area (Å²) < 4.78 is 0. The van der Waals surface area contributed by atoms with Crippen LogP contribution in [-0.2, 0) is 0 Å². The second-order valence-corrected chi connectivity index (χ2v) is 5.90. The fraction of sp³-hybridized carbons (Fsp3) is 0. The van der Waals surface area contributed by atoms with Gasteiger partial charge in [0.1, 0.15) is 5.75 Å². The third-order valence-corrected chi connectivity index (χ3v) is 4.14. The van der Waals surface area contributed by atoms with Crippen LogP contribution in [0.2, 0.25) is 0 Å². The molecule has 0 aromatic heterocycles. The van der Waals surface area contributed by atoms with E-state index in [1.807, 2.05) is 60.7 Å². The number of benzene rings is 3. The molecule has 4 rings (SSSR count). The number of ketones is 1. The molecule has 3 aromatic carbocycles. The van der Waals surface area contributed by atoms with Gasteiger partial charge in [-0.3, -0.25) is 4.79 Å². The fourth-order valence-corrected chi connectivity index (χ4v) is 2.94. The molecule has 0 amide bonds. The van der Waals surface area contributed by atoms with Gasteiger partial charge >= 0.3 is 0 Å². The molecule has 4 heteroatoms. The van der Waals surface area contributed by atoms with E-state index in [1.54, 1.807) is 18.2 Å². The molecule has 1 aliphatic rings. The van der Waals surface area contributed by atoms with Crippen molar-refractivity contribution in [2.24, 2.45) is 4.99 Å². The third kappa shape index (κ3) is 3.00. The van der Waals surface area contributed by atoms with Gasteiger partial charge in [-0.25, -0.2) is 4.99 Å². The van der Waals surface area contributed by atoms with Crippen LogP contribution in [0.4, 0.5) is 17.1 Å². The zero-order chi connectivity index (χ0) is 17.9. The first-order valence-electron chi connectivity index (χ1n) is 8.27. The average Bonchev–Trinajstić information content (AvgIpc) is 2.67. The number of phenolic OH excluding ortho intramolecular Hbond substituents is 1. The standard InChI is InChI=1S/C22H16N2O2/c25-19-14-12-18(24-16-9-5-2-6-10-16)22-20(26)13-11-17(21(19)22)23-15-7-3-1-4-8-15/h1-14,23,26H. The highest BCUT2D eigenvalue weighted by molar-refractivity contribution is 6.27. The Morgan fingerprint density at radius 1 is 0.769 bits per heavy atom. The van der Waals surface area contributed by atoms with Crippen LogP contribution < -0.4 is 5.32 Å². The smallest absolute Gasteiger partial charge is 0.188 e. The topological polar surface area (TPSA) is 61.7 Å². The van der Waals surface area contributed by atoms with Gasteiger partial charge in [-0.1, -0.05) is 36.4 Å². The number of para-hydroxylation sites is 2. The molecule has 0 spiro atoms. The third-order valence-electron chi connectivity index (χ3n) is 4.14. The molecule has 0 radical (unpaired) electrons. The van der Waals surface area contributed by atoms with Crippen molar-refractivity contribution in [3.63, 3.8) is 0 Å². The molecule has 0 bridgehead atoms. The molecule has 26 heavy (non-hydrogen) atoms. The molecule has 0 atom stereocenters. The number of carbonyl (C=O) groups excluding carboxylic acids is 1. The number of phenols is 1. The van der Waals surface area contributed by atoms with E-state index >= 15 is 0 Å². The van der Waals surface area contributed by atoms with Crippen molar-refractivity contribution >= 4 is 28.6 Å². The molecule has 4 nitrogen and oxygen atoms in total. The maximum atomic E-state index is 12.6. The molecular weight excluding hydrogens is 324 g/mol. The highest BCUT2D eigenvalue weighted by Gasteiger charge is 2.24. The Hall–Kier alpha value is -3.66. The lowest BCUT2D eigenvalue weighted by atomic mass is 9.91. The number of fused-ring (bicyclic) bond motifs is 1. The lowest BCUT2D eigenvalue weighted by molar-refractivity contribution is 0.104. The summed E-state index contributed by atoms with van der Waals surface area (Å²) in [4.78, 5) is 17.1. The molecule has 0 fully saturated rings. The van der Waals surface area contributed by atoms with Crippen LogP contribution in [-0.4, -0.2) is 16.6 Å². The van der Waals surface area contributed by atoms with Crippen molar-refractivity contribution in [3.05, 3.63) is 96.1 Å². The number of allylic oxidation sites excluding steroid dienone is 2. The van der Waals surface area contributed by atoms with Crippen molar-refractivity contribution < 1.29 is 9.90 Å². The van der Waals surface area contributed by atoms with E-state index in [9.17, 15) is 9.90 Å². The highest BCUT2D eigenvalue weighted by Crippen LogP contribution is 2.34. The van der Waals surface area contributed by atoms with Crippen molar-refractivity contribution in [1.29, 1.82) is 0 Å². The van der Waals surface area contributed by atoms with E-state index in [0.29, 0.717) is 22.5 Å². The zero-order valence-corrected chi connectivity index (χ0v) is 13.9. The van der Waals surface area contributed by atoms with Gasteiger partial charge in [0.2, 0.25) is 0 Å². The molecule has 126 valence electrons. The van der Waals surface area contributed by atoms with Gasteiger partial charge in [0.05, 0.1) is 28.2 Å². The first-order valence-corrected chi connectivity index (χ1v) is 8.27. The lowest BCUT2D eigenvalue weighted by Crippen LogP contribution is -2.15. The fourth-order valence-electron chi connectivity index (χ4n) is 2.94. The van der Waals surface area contributed by atoms with Crippen LogP contribution in [0.15, 0.2) is 89.9 Å². The van der Waals surface area contributed by atoms with Gasteiger partial charge in [-0.15, -0.1) is 0 Å². The molecule has 0 heterocycles. The second kappa shape index (κ2) is 6.69. The second-order valence-electron chi connectivity index (χ2n) is 5.90. The summed E-state index contributed by atoms with van der Waals surface area (Å²) in [5.74, 6) is -0.132. The van der Waals surface area contributed by atoms with Crippen LogP contribution >= 0.6 is 0 Å². The quantitative estimate of drug-likeness (QED) is 0.659. The van der Waals surface area contributed by atoms with Gasteiger partial charge < -0.3 is 10.4 Å². The number of carbonyl (C=O) groups is 1. The van der Waals surface area contributed by atoms with Gasteiger partial charge in [0.25, 0.3) is 0 Å². The molecule has 3 aromatic rings. The summed E-state index contributed by atoms with van der Waals surface area (Å²) in [7, 11) is 0. The first kappa shape index (κ1) is 15.8. The number of hydrogen-bond donors (Lipinski definition) is 2. The Labute approximate surface area is 151 Å². The summed E-state index contributed by atoms with van der Waals surface area (Å²) in [6.07, 6.45) is 3.13. The van der Waals surface area contributed by atoms with E-state index in [1.165, 1.54) is 6.08 Å². The Morgan fingerprint density at radius 3 is 2.19 bits per heavy atom. The van der Waals surface area contributed by atoms with Gasteiger partial charge in [0, 0.05) is 5.69 Å². The molecular formula is C22H16N2O2. The summed E-state index contributed by atoms with van der Waals surface area (Å²) in [5.41, 5.74) is 3.69. The number of nitrogens with one attached hydrogen (secondary N) is 1. The largest absolute Gasteiger partial charge is 0.507 e. The predicted octanol–water partition coefficient (Wildman–Crippen LogP) is 5.01. The Bertz CT molecular complexity index is 1020. The van der Waals surface area contributed by atoms with E-state index in [2.05, 4.69) is 10.3 Å². The first-order chi connectivity index (χ1) is 12.7. The number of aromatic hydroxyl groups is 1. The normalized spacial score (nSPS) is 14.3. The number of nitrogens with zero attached hydrogens (tertiary/aromatic N) is 1. The summed E-state index contributed by atoms with van der Waals surface area (Å²) in [5, 5.41) is 13.7. The maximum absolute atomic E-state index is 12.6. The van der Waals surface area contributed by atoms with Crippen molar-refractivity contribution in [3.8, 4) is 5.75 Å². The molecule has 2 N–H and O–H groups in total. The Balaban J connectivity index is 1.84. The SMILES string of the molecule is O=C1C=CC(=Nc2ccccc2)c2c(O)ccc(Nc3ccccc3)c21. The van der Waals surface area contributed by atoms with E-state index in [-0.39, 0.29) is 11.5 Å². The number of hydrogen-bond acceptors (Lipinski definition) is 4. The predicted molar refractivity (Wildman–Crippen MR) is 104 cm³/mol. The number of aliphatic imine (C=N–C) groups is 1. The van der Waals surface area contributed by atoms with Crippen LogP contribution in [0.5, 0.6) is 5.75 Å². The summed E-state index contributed by atoms with van der Waals surface area (Å²) >= 11 is 0. The number of rotatable bonds is 3. The van der Waals surface area contributed by atoms with Crippen LogP contribution in [0.3, 0.4) is 0 Å². The minimum atomic E-state index is -0.165. The lowest BCUT2D eigenvalue weighted by Gasteiger charge is -2.19. The minimum absolute atomic E-state index is 0.0333. The molecule has 1 aliphatic carbocycles. The van der Waals surface area contributed by atoms with E-state index < -0.39 is 0 Å². The molecule has 0 unspecified atom stereocenters. The zero-order valence-electron chi connectivity index (χ0n) is 13.9. The van der Waals surface area contributed by atoms with Gasteiger partial charge in [-0.05, 0) is 48.6 Å². The molecule has 0 aliphatic heterocycles. The summed E-state index contributed by atoms with van der Waals surface area (Å²) in [6, 6.07) is 22.3. The van der Waals surface area contributed by atoms with E-state index in [0.717, 1.165) is 11.4 Å². The monoisotopic (exact) mass is 340 g/mol. The molecule has 0 saturated heterocycles. The van der Waals surface area contributed by atoms with Crippen molar-refractivity contribution in [2.45, 2.75) is 0 Å². The van der Waals surface area contributed by atoms with Gasteiger partial charge in [0.15, 0.2) is 5.78 Å². The minimum Gasteiger partial charge on any atom is -0.507 e. The van der Waals surface area contributed by atoms with Crippen LogP contribution in [0, 0.1) is 0 Å². The average molecular weight is 340 g/mol. The molecule has 0 saturated carbocycles. The maximum Gasteiger partial charge on any atom is 0.188 e. The van der Waals surface area contributed by atoms with Gasteiger partial charge in [-0.2, -0.15) is 0 Å². The Kier molecular flexibility index (Phi) is 4.07. The van der Waals surface area contributed by atoms with Crippen molar-refractivity contribution in [1.82, 2.24) is 0 Å². The highest BCUT2D eigenvalue weighted by atomic mass is 16.3.